The first-order valence-corrected chi connectivity index (χ1v) is 7.65. The number of hydrogen-bond acceptors (Lipinski definition) is 4. The van der Waals surface area contributed by atoms with Crippen LogP contribution in [0.15, 0.2) is 42.5 Å². The molecule has 2 amide bonds. The molecule has 6 nitrogen and oxygen atoms in total. The molecule has 0 atom stereocenters. The molecular formula is C19H18N2O4. The molecule has 0 aliphatic heterocycles. The third-order valence-electron chi connectivity index (χ3n) is 3.39. The molecule has 0 unspecified atom stereocenters. The van der Waals surface area contributed by atoms with E-state index in [1.54, 1.807) is 36.4 Å². The van der Waals surface area contributed by atoms with Gasteiger partial charge in [0, 0.05) is 29.4 Å². The molecular weight excluding hydrogens is 320 g/mol. The van der Waals surface area contributed by atoms with Crippen LogP contribution in [0.25, 0.3) is 0 Å². The van der Waals surface area contributed by atoms with Crippen molar-refractivity contribution in [2.45, 2.75) is 20.3 Å². The van der Waals surface area contributed by atoms with E-state index < -0.39 is 0 Å². The highest BCUT2D eigenvalue weighted by Gasteiger charge is 2.09. The Hall–Kier alpha value is -3.28. The number of carbonyl (C=O) groups is 4. The highest BCUT2D eigenvalue weighted by Crippen LogP contribution is 2.16. The number of amides is 2. The zero-order chi connectivity index (χ0) is 18.4. The normalized spacial score (nSPS) is 10.0. The van der Waals surface area contributed by atoms with Crippen LogP contribution < -0.4 is 10.6 Å². The molecule has 0 bridgehead atoms. The highest BCUT2D eigenvalue weighted by molar-refractivity contribution is 5.97. The van der Waals surface area contributed by atoms with Gasteiger partial charge in [-0.2, -0.15) is 0 Å². The van der Waals surface area contributed by atoms with Gasteiger partial charge in [0.25, 0.3) is 0 Å². The Labute approximate surface area is 145 Å². The Morgan fingerprint density at radius 2 is 1.64 bits per heavy atom. The van der Waals surface area contributed by atoms with E-state index in [1.165, 1.54) is 19.9 Å². The van der Waals surface area contributed by atoms with Crippen LogP contribution in [-0.4, -0.2) is 23.9 Å². The summed E-state index contributed by atoms with van der Waals surface area (Å²) in [6, 6.07) is 11.4. The zero-order valence-electron chi connectivity index (χ0n) is 14.0. The maximum absolute atomic E-state index is 12.2. The average Bonchev–Trinajstić information content (AvgIpc) is 2.53. The largest absolute Gasteiger partial charge is 0.326 e. The van der Waals surface area contributed by atoms with Crippen LogP contribution in [0.4, 0.5) is 11.4 Å². The van der Waals surface area contributed by atoms with Gasteiger partial charge in [0.1, 0.15) is 6.29 Å². The van der Waals surface area contributed by atoms with Crippen LogP contribution in [0.3, 0.4) is 0 Å². The Bertz CT molecular complexity index is 843. The lowest BCUT2D eigenvalue weighted by Crippen LogP contribution is -2.15. The van der Waals surface area contributed by atoms with E-state index in [0.717, 1.165) is 0 Å². The van der Waals surface area contributed by atoms with Gasteiger partial charge in [-0.05, 0) is 48.9 Å². The first-order chi connectivity index (χ1) is 11.9. The summed E-state index contributed by atoms with van der Waals surface area (Å²) in [5, 5.41) is 5.36. The number of nitrogens with one attached hydrogen (secondary N) is 2. The van der Waals surface area contributed by atoms with Crippen molar-refractivity contribution in [1.82, 2.24) is 0 Å². The van der Waals surface area contributed by atoms with Crippen molar-refractivity contribution in [2.24, 2.45) is 0 Å². The minimum atomic E-state index is -0.294. The van der Waals surface area contributed by atoms with Crippen molar-refractivity contribution in [3.8, 4) is 0 Å². The number of ketones is 1. The number of benzene rings is 2. The maximum atomic E-state index is 12.2. The molecule has 0 saturated heterocycles. The van der Waals surface area contributed by atoms with Gasteiger partial charge in [-0.3, -0.25) is 19.2 Å². The Kier molecular flexibility index (Phi) is 5.79. The van der Waals surface area contributed by atoms with Gasteiger partial charge in [-0.15, -0.1) is 0 Å². The molecule has 25 heavy (non-hydrogen) atoms. The second-order valence-corrected chi connectivity index (χ2v) is 5.62. The van der Waals surface area contributed by atoms with Crippen LogP contribution in [-0.2, 0) is 16.0 Å². The molecule has 0 saturated carbocycles. The van der Waals surface area contributed by atoms with Crippen molar-refractivity contribution >= 4 is 35.3 Å². The Morgan fingerprint density at radius 1 is 0.960 bits per heavy atom. The summed E-state index contributed by atoms with van der Waals surface area (Å²) >= 11 is 0. The van der Waals surface area contributed by atoms with Crippen molar-refractivity contribution < 1.29 is 19.2 Å². The molecule has 2 aromatic carbocycles. The monoisotopic (exact) mass is 338 g/mol. The predicted octanol–water partition coefficient (Wildman–Crippen LogP) is 2.84. The Morgan fingerprint density at radius 3 is 2.24 bits per heavy atom. The summed E-state index contributed by atoms with van der Waals surface area (Å²) in [6.07, 6.45) is 0.664. The molecule has 2 aromatic rings. The number of Topliss-reactive ketones (excluding diaryl/α,β-unsaturated/α-hetero) is 1. The number of anilines is 2. The Balaban J connectivity index is 2.12. The standard InChI is InChI=1S/C19H18N2O4/c1-12(23)16-7-14(6-15(8-16)11-22)9-19(25)21-18-5-3-4-17(10-18)20-13(2)24/h3-8,10-11H,9H2,1-2H3,(H,20,24)(H,21,25). The summed E-state index contributed by atoms with van der Waals surface area (Å²) < 4.78 is 0. The maximum Gasteiger partial charge on any atom is 0.228 e. The van der Waals surface area contributed by atoms with E-state index in [-0.39, 0.29) is 24.0 Å². The number of hydrogen-bond donors (Lipinski definition) is 2. The molecule has 0 aliphatic rings. The summed E-state index contributed by atoms with van der Waals surface area (Å²) in [4.78, 5) is 45.8. The van der Waals surface area contributed by atoms with Crippen LogP contribution in [0.2, 0.25) is 0 Å². The van der Waals surface area contributed by atoms with Crippen molar-refractivity contribution in [3.05, 3.63) is 59.2 Å². The summed E-state index contributed by atoms with van der Waals surface area (Å²) in [6.45, 7) is 2.80. The van der Waals surface area contributed by atoms with Crippen molar-refractivity contribution in [2.75, 3.05) is 10.6 Å². The van der Waals surface area contributed by atoms with E-state index >= 15 is 0 Å². The van der Waals surface area contributed by atoms with Crippen LogP contribution in [0.5, 0.6) is 0 Å². The average molecular weight is 338 g/mol. The molecule has 2 N–H and O–H groups in total. The molecule has 128 valence electrons. The third kappa shape index (κ3) is 5.39. The van der Waals surface area contributed by atoms with E-state index in [9.17, 15) is 19.2 Å². The van der Waals surface area contributed by atoms with E-state index in [1.807, 2.05) is 0 Å². The minimum Gasteiger partial charge on any atom is -0.326 e. The van der Waals surface area contributed by atoms with E-state index in [4.69, 9.17) is 0 Å². The summed E-state index contributed by atoms with van der Waals surface area (Å²) in [5.74, 6) is -0.670. The van der Waals surface area contributed by atoms with E-state index in [0.29, 0.717) is 34.4 Å². The smallest absolute Gasteiger partial charge is 0.228 e. The molecule has 6 heteroatoms. The lowest BCUT2D eigenvalue weighted by molar-refractivity contribution is -0.115. The van der Waals surface area contributed by atoms with Gasteiger partial charge in [0.05, 0.1) is 6.42 Å². The lowest BCUT2D eigenvalue weighted by atomic mass is 10.0. The topological polar surface area (TPSA) is 92.3 Å². The van der Waals surface area contributed by atoms with Gasteiger partial charge >= 0.3 is 0 Å². The van der Waals surface area contributed by atoms with Gasteiger partial charge in [-0.25, -0.2) is 0 Å². The van der Waals surface area contributed by atoms with Crippen molar-refractivity contribution in [3.63, 3.8) is 0 Å². The fourth-order valence-electron chi connectivity index (χ4n) is 2.36. The molecule has 0 aromatic heterocycles. The summed E-state index contributed by atoms with van der Waals surface area (Å²) in [7, 11) is 0. The minimum absolute atomic E-state index is 0.0202. The van der Waals surface area contributed by atoms with Crippen LogP contribution >= 0.6 is 0 Å². The molecule has 0 heterocycles. The first kappa shape index (κ1) is 18.1. The second-order valence-electron chi connectivity index (χ2n) is 5.62. The predicted molar refractivity (Wildman–Crippen MR) is 94.9 cm³/mol. The van der Waals surface area contributed by atoms with Crippen LogP contribution in [0.1, 0.15) is 40.1 Å². The third-order valence-corrected chi connectivity index (χ3v) is 3.39. The second kappa shape index (κ2) is 8.01. The fourth-order valence-corrected chi connectivity index (χ4v) is 2.36. The van der Waals surface area contributed by atoms with Crippen molar-refractivity contribution in [1.29, 1.82) is 0 Å². The molecule has 2 rings (SSSR count). The molecule has 0 spiro atoms. The lowest BCUT2D eigenvalue weighted by Gasteiger charge is -2.09. The first-order valence-electron chi connectivity index (χ1n) is 7.65. The van der Waals surface area contributed by atoms with Gasteiger partial charge < -0.3 is 10.6 Å². The zero-order valence-corrected chi connectivity index (χ0v) is 14.0. The highest BCUT2D eigenvalue weighted by atomic mass is 16.2. The van der Waals surface area contributed by atoms with Gasteiger partial charge in [-0.1, -0.05) is 6.07 Å². The molecule has 0 aliphatic carbocycles. The molecule has 0 radical (unpaired) electrons. The number of carbonyl (C=O) groups excluding carboxylic acids is 4. The van der Waals surface area contributed by atoms with Gasteiger partial charge in [0.2, 0.25) is 11.8 Å². The quantitative estimate of drug-likeness (QED) is 0.626. The molecule has 0 fully saturated rings. The SMILES string of the molecule is CC(=O)Nc1cccc(NC(=O)Cc2cc(C=O)cc(C(C)=O)c2)c1. The van der Waals surface area contributed by atoms with Gasteiger partial charge in [0.15, 0.2) is 5.78 Å². The fraction of sp³-hybridized carbons (Fsp3) is 0.158. The summed E-state index contributed by atoms with van der Waals surface area (Å²) in [5.41, 5.74) is 2.43. The van der Waals surface area contributed by atoms with E-state index in [2.05, 4.69) is 10.6 Å². The number of aldehydes is 1. The number of rotatable bonds is 6. The van der Waals surface area contributed by atoms with Crippen LogP contribution in [0, 0.1) is 0 Å².